The van der Waals surface area contributed by atoms with Crippen molar-refractivity contribution in [2.45, 2.75) is 32.7 Å². The molecule has 0 radical (unpaired) electrons. The lowest BCUT2D eigenvalue weighted by molar-refractivity contribution is 0.209. The quantitative estimate of drug-likeness (QED) is 0.526. The Morgan fingerprint density at radius 3 is 2.12 bits per heavy atom. The second kappa shape index (κ2) is 9.55. The standard InChI is InChI=1S/C30H34N2O2/c1-21(2)31-16-18-32(19-17-31)25-10-4-24(5-11-25)30-28(22-6-12-26(33)13-7-22)15-9-23-8-14-27(34-3)20-29(23)30/h4-8,10-14,20-21,33H,9,15-19H2,1-3H3. The molecule has 4 heteroatoms. The molecule has 5 rings (SSSR count). The first-order valence-electron chi connectivity index (χ1n) is 12.3. The second-order valence-electron chi connectivity index (χ2n) is 9.59. The minimum Gasteiger partial charge on any atom is -0.508 e. The second-order valence-corrected chi connectivity index (χ2v) is 9.59. The molecule has 1 heterocycles. The summed E-state index contributed by atoms with van der Waals surface area (Å²) >= 11 is 0. The molecular formula is C30H34N2O2. The Labute approximate surface area is 203 Å². The third-order valence-electron chi connectivity index (χ3n) is 7.31. The third kappa shape index (κ3) is 4.43. The van der Waals surface area contributed by atoms with E-state index in [9.17, 15) is 5.11 Å². The minimum atomic E-state index is 0.297. The maximum Gasteiger partial charge on any atom is 0.119 e. The molecule has 4 nitrogen and oxygen atoms in total. The minimum absolute atomic E-state index is 0.297. The number of nitrogens with zero attached hydrogens (tertiary/aromatic N) is 2. The fourth-order valence-electron chi connectivity index (χ4n) is 5.30. The lowest BCUT2D eigenvalue weighted by atomic mass is 9.79. The molecule has 0 amide bonds. The van der Waals surface area contributed by atoms with E-state index in [0.717, 1.165) is 50.3 Å². The number of phenolic OH excluding ortho intramolecular Hbond substituents is 1. The summed E-state index contributed by atoms with van der Waals surface area (Å²) in [7, 11) is 1.72. The maximum absolute atomic E-state index is 9.82. The number of allylic oxidation sites excluding steroid dienone is 1. The Hall–Kier alpha value is -3.24. The Bertz CT molecular complexity index is 1170. The summed E-state index contributed by atoms with van der Waals surface area (Å²) in [5.74, 6) is 1.17. The lowest BCUT2D eigenvalue weighted by Crippen LogP contribution is -2.48. The fraction of sp³-hybridized carbons (Fsp3) is 0.333. The summed E-state index contributed by atoms with van der Waals surface area (Å²) in [6, 6.07) is 23.7. The molecule has 1 aliphatic carbocycles. The van der Waals surface area contributed by atoms with Gasteiger partial charge in [0.2, 0.25) is 0 Å². The van der Waals surface area contributed by atoms with Gasteiger partial charge in [0, 0.05) is 37.9 Å². The van der Waals surface area contributed by atoms with E-state index in [2.05, 4.69) is 66.1 Å². The Morgan fingerprint density at radius 1 is 0.794 bits per heavy atom. The highest BCUT2D eigenvalue weighted by atomic mass is 16.5. The maximum atomic E-state index is 9.82. The SMILES string of the molecule is COc1ccc2c(c1)C(c1ccc(N3CCN(C(C)C)CC3)cc1)=C(c1ccc(O)cc1)CC2. The van der Waals surface area contributed by atoms with Gasteiger partial charge in [0.05, 0.1) is 7.11 Å². The van der Waals surface area contributed by atoms with E-state index in [1.54, 1.807) is 19.2 Å². The summed E-state index contributed by atoms with van der Waals surface area (Å²) in [6.45, 7) is 8.92. The van der Waals surface area contributed by atoms with Crippen molar-refractivity contribution in [2.75, 3.05) is 38.2 Å². The molecule has 0 bridgehead atoms. The van der Waals surface area contributed by atoms with Crippen LogP contribution in [0.25, 0.3) is 11.1 Å². The van der Waals surface area contributed by atoms with E-state index in [1.807, 2.05) is 12.1 Å². The van der Waals surface area contributed by atoms with E-state index in [1.165, 1.54) is 33.5 Å². The van der Waals surface area contributed by atoms with E-state index in [0.29, 0.717) is 11.8 Å². The fourth-order valence-corrected chi connectivity index (χ4v) is 5.30. The predicted molar refractivity (Wildman–Crippen MR) is 141 cm³/mol. The molecule has 3 aromatic rings. The number of fused-ring (bicyclic) bond motifs is 1. The van der Waals surface area contributed by atoms with Crippen molar-refractivity contribution >= 4 is 16.8 Å². The van der Waals surface area contributed by atoms with E-state index in [-0.39, 0.29) is 0 Å². The number of aryl methyl sites for hydroxylation is 1. The van der Waals surface area contributed by atoms with Crippen molar-refractivity contribution in [3.63, 3.8) is 0 Å². The topological polar surface area (TPSA) is 35.9 Å². The monoisotopic (exact) mass is 454 g/mol. The molecule has 1 fully saturated rings. The largest absolute Gasteiger partial charge is 0.508 e. The van der Waals surface area contributed by atoms with Crippen molar-refractivity contribution in [1.29, 1.82) is 0 Å². The molecule has 1 saturated heterocycles. The molecule has 1 aliphatic heterocycles. The number of hydrogen-bond acceptors (Lipinski definition) is 4. The first kappa shape index (κ1) is 22.5. The van der Waals surface area contributed by atoms with Crippen LogP contribution in [0.15, 0.2) is 66.7 Å². The number of anilines is 1. The van der Waals surface area contributed by atoms with Gasteiger partial charge in [0.15, 0.2) is 0 Å². The zero-order valence-corrected chi connectivity index (χ0v) is 20.4. The van der Waals surface area contributed by atoms with Gasteiger partial charge < -0.3 is 14.7 Å². The molecule has 1 N–H and O–H groups in total. The number of phenols is 1. The molecule has 0 unspecified atom stereocenters. The average Bonchev–Trinajstić information content (AvgIpc) is 2.88. The highest BCUT2D eigenvalue weighted by Crippen LogP contribution is 2.42. The predicted octanol–water partition coefficient (Wildman–Crippen LogP) is 5.84. The smallest absolute Gasteiger partial charge is 0.119 e. The number of rotatable bonds is 5. The van der Waals surface area contributed by atoms with E-state index < -0.39 is 0 Å². The summed E-state index contributed by atoms with van der Waals surface area (Å²) in [5, 5.41) is 9.82. The van der Waals surface area contributed by atoms with Crippen LogP contribution in [0.3, 0.4) is 0 Å². The lowest BCUT2D eigenvalue weighted by Gasteiger charge is -2.38. The van der Waals surface area contributed by atoms with Crippen molar-refractivity contribution in [2.24, 2.45) is 0 Å². The number of ether oxygens (including phenoxy) is 1. The summed E-state index contributed by atoms with van der Waals surface area (Å²) in [4.78, 5) is 5.04. The van der Waals surface area contributed by atoms with Crippen LogP contribution in [0.4, 0.5) is 5.69 Å². The van der Waals surface area contributed by atoms with Crippen LogP contribution in [0.2, 0.25) is 0 Å². The molecule has 176 valence electrons. The number of piperazine rings is 1. The Balaban J connectivity index is 1.53. The van der Waals surface area contributed by atoms with Crippen LogP contribution in [-0.4, -0.2) is 49.3 Å². The summed E-state index contributed by atoms with van der Waals surface area (Å²) in [6.07, 6.45) is 1.97. The molecule has 0 atom stereocenters. The Kier molecular flexibility index (Phi) is 6.34. The van der Waals surface area contributed by atoms with Gasteiger partial charge in [0.25, 0.3) is 0 Å². The average molecular weight is 455 g/mol. The number of aromatic hydroxyl groups is 1. The van der Waals surface area contributed by atoms with Crippen molar-refractivity contribution in [3.05, 3.63) is 89.0 Å². The van der Waals surface area contributed by atoms with Gasteiger partial charge in [-0.25, -0.2) is 0 Å². The molecule has 0 aromatic heterocycles. The first-order chi connectivity index (χ1) is 16.5. The molecule has 0 saturated carbocycles. The zero-order valence-electron chi connectivity index (χ0n) is 20.4. The van der Waals surface area contributed by atoms with Crippen LogP contribution in [-0.2, 0) is 6.42 Å². The molecular weight excluding hydrogens is 420 g/mol. The van der Waals surface area contributed by atoms with Crippen LogP contribution in [0.1, 0.15) is 42.5 Å². The van der Waals surface area contributed by atoms with Crippen LogP contribution >= 0.6 is 0 Å². The van der Waals surface area contributed by atoms with Crippen molar-refractivity contribution < 1.29 is 9.84 Å². The van der Waals surface area contributed by atoms with Gasteiger partial charge in [-0.3, -0.25) is 4.90 Å². The third-order valence-corrected chi connectivity index (χ3v) is 7.31. The molecule has 0 spiro atoms. The van der Waals surface area contributed by atoms with E-state index >= 15 is 0 Å². The highest BCUT2D eigenvalue weighted by molar-refractivity contribution is 6.01. The van der Waals surface area contributed by atoms with Gasteiger partial charge in [-0.15, -0.1) is 0 Å². The molecule has 34 heavy (non-hydrogen) atoms. The Morgan fingerprint density at radius 2 is 1.47 bits per heavy atom. The number of benzene rings is 3. The van der Waals surface area contributed by atoms with Gasteiger partial charge in [-0.1, -0.05) is 30.3 Å². The van der Waals surface area contributed by atoms with Gasteiger partial charge >= 0.3 is 0 Å². The number of hydrogen-bond donors (Lipinski definition) is 1. The van der Waals surface area contributed by atoms with Crippen LogP contribution < -0.4 is 9.64 Å². The van der Waals surface area contributed by atoms with E-state index in [4.69, 9.17) is 4.74 Å². The summed E-state index contributed by atoms with van der Waals surface area (Å²) in [5.41, 5.74) is 8.86. The summed E-state index contributed by atoms with van der Waals surface area (Å²) < 4.78 is 5.58. The first-order valence-corrected chi connectivity index (χ1v) is 12.3. The van der Waals surface area contributed by atoms with Crippen molar-refractivity contribution in [3.8, 4) is 11.5 Å². The zero-order chi connectivity index (χ0) is 23.7. The van der Waals surface area contributed by atoms with Crippen molar-refractivity contribution in [1.82, 2.24) is 4.90 Å². The highest BCUT2D eigenvalue weighted by Gasteiger charge is 2.23. The number of methoxy groups -OCH3 is 1. The molecule has 3 aromatic carbocycles. The van der Waals surface area contributed by atoms with Gasteiger partial charge in [0.1, 0.15) is 11.5 Å². The van der Waals surface area contributed by atoms with Crippen LogP contribution in [0, 0.1) is 0 Å². The van der Waals surface area contributed by atoms with Gasteiger partial charge in [-0.05, 0) is 96.5 Å². The normalized spacial score (nSPS) is 16.6. The van der Waals surface area contributed by atoms with Gasteiger partial charge in [-0.2, -0.15) is 0 Å². The molecule has 2 aliphatic rings. The van der Waals surface area contributed by atoms with Crippen LogP contribution in [0.5, 0.6) is 11.5 Å².